The van der Waals surface area contributed by atoms with E-state index in [0.717, 1.165) is 0 Å². The van der Waals surface area contributed by atoms with Gasteiger partial charge in [-0.25, -0.2) is 4.39 Å². The molecule has 0 aromatic heterocycles. The molecule has 1 amide bonds. The van der Waals surface area contributed by atoms with Gasteiger partial charge in [0.15, 0.2) is 17.7 Å². The number of nitrogens with two attached hydrogens (primary N) is 1. The maximum absolute atomic E-state index is 13.6. The minimum Gasteiger partial charge on any atom is -0.478 e. The minimum atomic E-state index is -0.867. The Hall–Kier alpha value is -2.08. The molecule has 0 aliphatic carbocycles. The molecule has 110 valence electrons. The van der Waals surface area contributed by atoms with Gasteiger partial charge in [0.2, 0.25) is 0 Å². The van der Waals surface area contributed by atoms with Gasteiger partial charge in [0, 0.05) is 4.47 Å². The average molecular weight is 353 g/mol. The summed E-state index contributed by atoms with van der Waals surface area (Å²) in [6.45, 7) is 1.54. The second-order valence-corrected chi connectivity index (χ2v) is 5.33. The highest BCUT2D eigenvalue weighted by molar-refractivity contribution is 9.10. The van der Waals surface area contributed by atoms with Crippen LogP contribution in [0, 0.1) is 5.82 Å². The number of carbonyl (C=O) groups is 1. The molecule has 0 aliphatic rings. The fourth-order valence-corrected chi connectivity index (χ4v) is 2.00. The highest BCUT2D eigenvalue weighted by Crippen LogP contribution is 2.24. The summed E-state index contributed by atoms with van der Waals surface area (Å²) in [5.41, 5.74) is 6.69. The monoisotopic (exact) mass is 352 g/mol. The number of carbonyl (C=O) groups excluding carboxylic acids is 1. The van der Waals surface area contributed by atoms with Crippen molar-refractivity contribution in [3.63, 3.8) is 0 Å². The first-order chi connectivity index (χ1) is 9.97. The molecule has 6 heteroatoms. The van der Waals surface area contributed by atoms with Gasteiger partial charge >= 0.3 is 0 Å². The molecule has 0 bridgehead atoms. The van der Waals surface area contributed by atoms with E-state index in [2.05, 4.69) is 21.2 Å². The van der Waals surface area contributed by atoms with Crippen molar-refractivity contribution in [1.82, 2.24) is 0 Å². The molecule has 0 radical (unpaired) electrons. The molecule has 2 aromatic rings. The fraction of sp³-hybridized carbons (Fsp3) is 0.133. The number of ether oxygens (including phenoxy) is 1. The predicted molar refractivity (Wildman–Crippen MR) is 83.7 cm³/mol. The molecule has 2 aromatic carbocycles. The molecular formula is C15H14BrFN2O2. The molecular weight excluding hydrogens is 339 g/mol. The van der Waals surface area contributed by atoms with Crippen LogP contribution in [0.1, 0.15) is 6.92 Å². The molecule has 3 N–H and O–H groups in total. The standard InChI is InChI=1S/C15H14BrFN2O2/c1-9(21-14-8-10(16)6-7-11(14)17)15(20)19-13-5-3-2-4-12(13)18/h2-9H,18H2,1H3,(H,19,20). The fourth-order valence-electron chi connectivity index (χ4n) is 1.66. The van der Waals surface area contributed by atoms with Crippen molar-refractivity contribution in [3.05, 3.63) is 52.8 Å². The van der Waals surface area contributed by atoms with Gasteiger partial charge in [0.1, 0.15) is 0 Å². The molecule has 0 fully saturated rings. The highest BCUT2D eigenvalue weighted by Gasteiger charge is 2.17. The lowest BCUT2D eigenvalue weighted by atomic mass is 10.2. The van der Waals surface area contributed by atoms with Crippen LogP contribution < -0.4 is 15.8 Å². The van der Waals surface area contributed by atoms with E-state index in [4.69, 9.17) is 10.5 Å². The van der Waals surface area contributed by atoms with Crippen molar-refractivity contribution in [1.29, 1.82) is 0 Å². The van der Waals surface area contributed by atoms with Crippen molar-refractivity contribution < 1.29 is 13.9 Å². The van der Waals surface area contributed by atoms with Crippen LogP contribution in [0.15, 0.2) is 46.9 Å². The van der Waals surface area contributed by atoms with Gasteiger partial charge in [-0.2, -0.15) is 0 Å². The normalized spacial score (nSPS) is 11.8. The van der Waals surface area contributed by atoms with E-state index in [1.807, 2.05) is 0 Å². The SMILES string of the molecule is CC(Oc1cc(Br)ccc1F)C(=O)Nc1ccccc1N. The minimum absolute atomic E-state index is 0.00746. The van der Waals surface area contributed by atoms with Crippen LogP contribution in [-0.2, 0) is 4.79 Å². The van der Waals surface area contributed by atoms with Gasteiger partial charge in [0.25, 0.3) is 5.91 Å². The summed E-state index contributed by atoms with van der Waals surface area (Å²) in [6, 6.07) is 11.2. The first-order valence-corrected chi connectivity index (χ1v) is 7.03. The van der Waals surface area contributed by atoms with Crippen LogP contribution in [0.5, 0.6) is 5.75 Å². The zero-order valence-electron chi connectivity index (χ0n) is 11.3. The van der Waals surface area contributed by atoms with Crippen molar-refractivity contribution in [2.75, 3.05) is 11.1 Å². The van der Waals surface area contributed by atoms with E-state index in [1.165, 1.54) is 19.1 Å². The Morgan fingerprint density at radius 2 is 2.05 bits per heavy atom. The van der Waals surface area contributed by atoms with Crippen LogP contribution in [0.25, 0.3) is 0 Å². The third-order valence-electron chi connectivity index (χ3n) is 2.78. The Bertz CT molecular complexity index is 664. The van der Waals surface area contributed by atoms with Gasteiger partial charge in [-0.15, -0.1) is 0 Å². The van der Waals surface area contributed by atoms with E-state index in [9.17, 15) is 9.18 Å². The maximum atomic E-state index is 13.6. The number of rotatable bonds is 4. The number of benzene rings is 2. The third-order valence-corrected chi connectivity index (χ3v) is 3.28. The number of hydrogen-bond acceptors (Lipinski definition) is 3. The predicted octanol–water partition coefficient (Wildman–Crippen LogP) is 3.58. The van der Waals surface area contributed by atoms with Crippen LogP contribution in [0.3, 0.4) is 0 Å². The van der Waals surface area contributed by atoms with Crippen molar-refractivity contribution in [3.8, 4) is 5.75 Å². The van der Waals surface area contributed by atoms with Gasteiger partial charge in [-0.05, 0) is 37.3 Å². The largest absolute Gasteiger partial charge is 0.478 e. The molecule has 0 aliphatic heterocycles. The summed E-state index contributed by atoms with van der Waals surface area (Å²) in [7, 11) is 0. The summed E-state index contributed by atoms with van der Waals surface area (Å²) in [4.78, 5) is 12.0. The lowest BCUT2D eigenvalue weighted by Gasteiger charge is -2.16. The zero-order valence-corrected chi connectivity index (χ0v) is 12.9. The molecule has 1 atom stereocenters. The van der Waals surface area contributed by atoms with Crippen molar-refractivity contribution in [2.24, 2.45) is 0 Å². The smallest absolute Gasteiger partial charge is 0.265 e. The number of hydrogen-bond donors (Lipinski definition) is 2. The first-order valence-electron chi connectivity index (χ1n) is 6.24. The Morgan fingerprint density at radius 3 is 2.76 bits per heavy atom. The lowest BCUT2D eigenvalue weighted by Crippen LogP contribution is -2.30. The maximum Gasteiger partial charge on any atom is 0.265 e. The topological polar surface area (TPSA) is 64.3 Å². The van der Waals surface area contributed by atoms with Gasteiger partial charge in [-0.3, -0.25) is 4.79 Å². The first kappa shape index (κ1) is 15.3. The quantitative estimate of drug-likeness (QED) is 0.826. The molecule has 0 heterocycles. The Kier molecular flexibility index (Phi) is 4.80. The summed E-state index contributed by atoms with van der Waals surface area (Å²) >= 11 is 3.22. The number of para-hydroxylation sites is 2. The summed E-state index contributed by atoms with van der Waals surface area (Å²) < 4.78 is 19.6. The number of nitrogen functional groups attached to an aromatic ring is 1. The molecule has 0 saturated carbocycles. The van der Waals surface area contributed by atoms with Crippen LogP contribution in [0.2, 0.25) is 0 Å². The highest BCUT2D eigenvalue weighted by atomic mass is 79.9. The second-order valence-electron chi connectivity index (χ2n) is 4.41. The third kappa shape index (κ3) is 3.95. The number of amides is 1. The van der Waals surface area contributed by atoms with Crippen LogP contribution in [0.4, 0.5) is 15.8 Å². The van der Waals surface area contributed by atoms with Crippen LogP contribution >= 0.6 is 15.9 Å². The molecule has 0 saturated heterocycles. The van der Waals surface area contributed by atoms with Crippen LogP contribution in [-0.4, -0.2) is 12.0 Å². The van der Waals surface area contributed by atoms with Crippen molar-refractivity contribution in [2.45, 2.75) is 13.0 Å². The van der Waals surface area contributed by atoms with E-state index in [0.29, 0.717) is 15.8 Å². The Balaban J connectivity index is 2.06. The Labute approximate surface area is 130 Å². The Morgan fingerprint density at radius 1 is 1.33 bits per heavy atom. The molecule has 2 rings (SSSR count). The molecule has 4 nitrogen and oxygen atoms in total. The van der Waals surface area contributed by atoms with Gasteiger partial charge in [0.05, 0.1) is 11.4 Å². The lowest BCUT2D eigenvalue weighted by molar-refractivity contribution is -0.122. The summed E-state index contributed by atoms with van der Waals surface area (Å²) in [5.74, 6) is -0.933. The van der Waals surface area contributed by atoms with E-state index < -0.39 is 17.8 Å². The number of halogens is 2. The molecule has 1 unspecified atom stereocenters. The van der Waals surface area contributed by atoms with E-state index in [1.54, 1.807) is 30.3 Å². The van der Waals surface area contributed by atoms with Crippen molar-refractivity contribution >= 4 is 33.2 Å². The number of anilines is 2. The summed E-state index contributed by atoms with van der Waals surface area (Å²) in [5, 5.41) is 2.64. The van der Waals surface area contributed by atoms with Gasteiger partial charge < -0.3 is 15.8 Å². The van der Waals surface area contributed by atoms with E-state index in [-0.39, 0.29) is 5.75 Å². The zero-order chi connectivity index (χ0) is 15.4. The van der Waals surface area contributed by atoms with Gasteiger partial charge in [-0.1, -0.05) is 28.1 Å². The average Bonchev–Trinajstić information content (AvgIpc) is 2.45. The van der Waals surface area contributed by atoms with E-state index >= 15 is 0 Å². The molecule has 0 spiro atoms. The number of nitrogens with one attached hydrogen (secondary N) is 1. The summed E-state index contributed by atoms with van der Waals surface area (Å²) in [6.07, 6.45) is -0.867. The molecule has 21 heavy (non-hydrogen) atoms. The second kappa shape index (κ2) is 6.58.